The second-order valence-corrected chi connectivity index (χ2v) is 6.97. The molecule has 0 spiro atoms. The number of nitro benzene ring substituents is 1. The molecule has 4 nitrogen and oxygen atoms in total. The van der Waals surface area contributed by atoms with E-state index in [2.05, 4.69) is 11.8 Å². The van der Waals surface area contributed by atoms with Gasteiger partial charge in [-0.05, 0) is 42.0 Å². The van der Waals surface area contributed by atoms with Crippen molar-refractivity contribution in [2.75, 3.05) is 0 Å². The average molecular weight is 373 g/mol. The Morgan fingerprint density at radius 2 is 1.56 bits per heavy atom. The van der Waals surface area contributed by atoms with E-state index in [0.29, 0.717) is 11.1 Å². The number of hydrogen-bond donors (Lipinski definition) is 0. The molecule has 0 aliphatic heterocycles. The first-order valence-electron chi connectivity index (χ1n) is 8.17. The van der Waals surface area contributed by atoms with Crippen LogP contribution in [0.3, 0.4) is 0 Å². The monoisotopic (exact) mass is 373 g/mol. The zero-order valence-electron chi connectivity index (χ0n) is 14.5. The van der Waals surface area contributed by atoms with Gasteiger partial charge in [0.25, 0.3) is 5.69 Å². The molecule has 0 saturated carbocycles. The molecule has 0 atom stereocenters. The number of benzene rings is 3. The molecule has 0 aliphatic carbocycles. The topological polar surface area (TPSA) is 60.2 Å². The fraction of sp³-hybridized carbons (Fsp3) is 0.0455. The third-order valence-electron chi connectivity index (χ3n) is 3.75. The third-order valence-corrected chi connectivity index (χ3v) is 4.54. The van der Waals surface area contributed by atoms with E-state index in [0.717, 1.165) is 27.8 Å². The van der Waals surface area contributed by atoms with Crippen molar-refractivity contribution in [3.05, 3.63) is 94.0 Å². The van der Waals surface area contributed by atoms with Crippen molar-refractivity contribution in [3.63, 3.8) is 0 Å². The lowest BCUT2D eigenvalue weighted by Gasteiger charge is -2.03. The fourth-order valence-corrected chi connectivity index (χ4v) is 3.14. The van der Waals surface area contributed by atoms with Crippen molar-refractivity contribution in [1.29, 1.82) is 0 Å². The van der Waals surface area contributed by atoms with Crippen LogP contribution in [-0.2, 0) is 4.79 Å². The molecule has 0 heterocycles. The molecule has 3 aromatic rings. The number of carbonyl (C=O) groups excluding carboxylic acids is 1. The first kappa shape index (κ1) is 18.4. The SMILES string of the molecule is CC(=O)Sc1ccc(C#Cc2ccc(-c3ccccc3)c([N+](=O)[O-])c2)cc1. The van der Waals surface area contributed by atoms with Gasteiger partial charge >= 0.3 is 0 Å². The second kappa shape index (κ2) is 8.35. The minimum Gasteiger partial charge on any atom is -0.287 e. The molecule has 132 valence electrons. The van der Waals surface area contributed by atoms with Crippen LogP contribution in [0.4, 0.5) is 5.69 Å². The summed E-state index contributed by atoms with van der Waals surface area (Å²) in [4.78, 5) is 23.1. The van der Waals surface area contributed by atoms with Crippen molar-refractivity contribution >= 4 is 22.6 Å². The van der Waals surface area contributed by atoms with Gasteiger partial charge in [-0.15, -0.1) is 0 Å². The Hall–Kier alpha value is -3.36. The average Bonchev–Trinajstić information content (AvgIpc) is 2.67. The zero-order valence-corrected chi connectivity index (χ0v) is 15.3. The smallest absolute Gasteiger partial charge is 0.278 e. The van der Waals surface area contributed by atoms with E-state index in [4.69, 9.17) is 0 Å². The number of thioether (sulfide) groups is 1. The number of hydrogen-bond acceptors (Lipinski definition) is 4. The zero-order chi connectivity index (χ0) is 19.2. The Labute approximate surface area is 161 Å². The van der Waals surface area contributed by atoms with Crippen molar-refractivity contribution in [1.82, 2.24) is 0 Å². The first-order valence-corrected chi connectivity index (χ1v) is 8.99. The van der Waals surface area contributed by atoms with Gasteiger partial charge in [-0.3, -0.25) is 14.9 Å². The molecule has 0 aromatic heterocycles. The van der Waals surface area contributed by atoms with Crippen molar-refractivity contribution in [2.45, 2.75) is 11.8 Å². The van der Waals surface area contributed by atoms with Crippen LogP contribution in [-0.4, -0.2) is 10.0 Å². The van der Waals surface area contributed by atoms with E-state index in [1.54, 1.807) is 12.1 Å². The summed E-state index contributed by atoms with van der Waals surface area (Å²) in [5.41, 5.74) is 2.74. The Balaban J connectivity index is 1.88. The highest BCUT2D eigenvalue weighted by molar-refractivity contribution is 8.13. The maximum atomic E-state index is 11.5. The third kappa shape index (κ3) is 4.84. The van der Waals surface area contributed by atoms with Gasteiger partial charge in [0.05, 0.1) is 10.5 Å². The predicted octanol–water partition coefficient (Wildman–Crippen LogP) is 5.30. The van der Waals surface area contributed by atoms with Crippen molar-refractivity contribution < 1.29 is 9.72 Å². The summed E-state index contributed by atoms with van der Waals surface area (Å²) >= 11 is 1.16. The van der Waals surface area contributed by atoms with E-state index in [9.17, 15) is 14.9 Å². The molecule has 27 heavy (non-hydrogen) atoms. The van der Waals surface area contributed by atoms with E-state index in [-0.39, 0.29) is 15.7 Å². The quantitative estimate of drug-likeness (QED) is 0.270. The van der Waals surface area contributed by atoms with Gasteiger partial charge in [-0.25, -0.2) is 0 Å². The van der Waals surface area contributed by atoms with E-state index in [1.807, 2.05) is 54.6 Å². The molecule has 0 N–H and O–H groups in total. The summed E-state index contributed by atoms with van der Waals surface area (Å²) in [7, 11) is 0. The molecular formula is C22H15NO3S. The van der Waals surface area contributed by atoms with Crippen LogP contribution < -0.4 is 0 Å². The fourth-order valence-electron chi connectivity index (χ4n) is 2.54. The Morgan fingerprint density at radius 3 is 2.19 bits per heavy atom. The van der Waals surface area contributed by atoms with E-state index < -0.39 is 0 Å². The molecule has 0 fully saturated rings. The largest absolute Gasteiger partial charge is 0.287 e. The summed E-state index contributed by atoms with van der Waals surface area (Å²) in [6.45, 7) is 1.52. The van der Waals surface area contributed by atoms with Gasteiger partial charge in [0.2, 0.25) is 0 Å². The Morgan fingerprint density at radius 1 is 0.926 bits per heavy atom. The van der Waals surface area contributed by atoms with Gasteiger partial charge in [-0.2, -0.15) is 0 Å². The highest BCUT2D eigenvalue weighted by Crippen LogP contribution is 2.30. The van der Waals surface area contributed by atoms with Crippen LogP contribution >= 0.6 is 11.8 Å². The molecule has 0 unspecified atom stereocenters. The Kier molecular flexibility index (Phi) is 5.70. The molecule has 3 rings (SSSR count). The molecule has 0 amide bonds. The lowest BCUT2D eigenvalue weighted by molar-refractivity contribution is -0.384. The molecular weight excluding hydrogens is 358 g/mol. The standard InChI is InChI=1S/C22H15NO3S/c1-16(24)27-20-12-9-17(10-13-20)7-8-18-11-14-21(22(15-18)23(25)26)19-5-3-2-4-6-19/h2-6,9-15H,1H3. The Bertz CT molecular complexity index is 1050. The van der Waals surface area contributed by atoms with Gasteiger partial charge in [0.15, 0.2) is 5.12 Å². The minimum atomic E-state index is -0.388. The molecule has 5 heteroatoms. The first-order chi connectivity index (χ1) is 13.0. The van der Waals surface area contributed by atoms with Gasteiger partial charge < -0.3 is 0 Å². The van der Waals surface area contributed by atoms with E-state index >= 15 is 0 Å². The molecule has 0 saturated heterocycles. The number of rotatable bonds is 3. The maximum absolute atomic E-state index is 11.5. The normalized spacial score (nSPS) is 9.96. The van der Waals surface area contributed by atoms with Gasteiger partial charge in [-0.1, -0.05) is 53.9 Å². The number of carbonyl (C=O) groups is 1. The summed E-state index contributed by atoms with van der Waals surface area (Å²) in [6, 6.07) is 21.6. The van der Waals surface area contributed by atoms with E-state index in [1.165, 1.54) is 13.0 Å². The lowest BCUT2D eigenvalue weighted by atomic mass is 10.0. The summed E-state index contributed by atoms with van der Waals surface area (Å²) in [5.74, 6) is 5.97. The molecule has 0 radical (unpaired) electrons. The molecule has 0 bridgehead atoms. The highest BCUT2D eigenvalue weighted by Gasteiger charge is 2.15. The summed E-state index contributed by atoms with van der Waals surface area (Å²) in [5, 5.41) is 11.5. The lowest BCUT2D eigenvalue weighted by Crippen LogP contribution is -1.93. The summed E-state index contributed by atoms with van der Waals surface area (Å²) < 4.78 is 0. The maximum Gasteiger partial charge on any atom is 0.278 e. The van der Waals surface area contributed by atoms with Crippen LogP contribution in [0.15, 0.2) is 77.7 Å². The van der Waals surface area contributed by atoms with Gasteiger partial charge in [0, 0.05) is 29.0 Å². The van der Waals surface area contributed by atoms with Crippen LogP contribution in [0.25, 0.3) is 11.1 Å². The number of nitro groups is 1. The van der Waals surface area contributed by atoms with Crippen LogP contribution in [0, 0.1) is 22.0 Å². The van der Waals surface area contributed by atoms with Crippen LogP contribution in [0.1, 0.15) is 18.1 Å². The molecule has 3 aromatic carbocycles. The van der Waals surface area contributed by atoms with Crippen LogP contribution in [0.2, 0.25) is 0 Å². The predicted molar refractivity (Wildman–Crippen MR) is 107 cm³/mol. The van der Waals surface area contributed by atoms with Crippen molar-refractivity contribution in [2.24, 2.45) is 0 Å². The number of nitrogens with zero attached hydrogens (tertiary/aromatic N) is 1. The van der Waals surface area contributed by atoms with Crippen molar-refractivity contribution in [3.8, 4) is 23.0 Å². The highest BCUT2D eigenvalue weighted by atomic mass is 32.2. The van der Waals surface area contributed by atoms with Crippen LogP contribution in [0.5, 0.6) is 0 Å². The second-order valence-electron chi connectivity index (χ2n) is 5.72. The molecule has 0 aliphatic rings. The summed E-state index contributed by atoms with van der Waals surface area (Å²) in [6.07, 6.45) is 0. The minimum absolute atomic E-state index is 0.0275. The van der Waals surface area contributed by atoms with Gasteiger partial charge in [0.1, 0.15) is 0 Å².